The van der Waals surface area contributed by atoms with Crippen molar-refractivity contribution in [1.29, 1.82) is 0 Å². The molecule has 0 heterocycles. The normalized spacial score (nSPS) is 11.2. The molecule has 0 saturated carbocycles. The van der Waals surface area contributed by atoms with E-state index in [-0.39, 0.29) is 5.97 Å². The molecule has 0 aliphatic heterocycles. The number of carbonyl (C=O) groups is 1. The third-order valence-electron chi connectivity index (χ3n) is 8.08. The third kappa shape index (κ3) is 31.4. The first-order valence-corrected chi connectivity index (χ1v) is 17.5. The highest BCUT2D eigenvalue weighted by molar-refractivity contribution is 5.86. The number of hydrogen-bond donors (Lipinski definition) is 0. The molecule has 0 aromatic rings. The Kier molecular flexibility index (Phi) is 31.7. The van der Waals surface area contributed by atoms with Gasteiger partial charge in [-0.1, -0.05) is 200 Å². The van der Waals surface area contributed by atoms with Gasteiger partial charge in [-0.3, -0.25) is 0 Å². The molecule has 0 saturated heterocycles. The zero-order chi connectivity index (χ0) is 27.8. The van der Waals surface area contributed by atoms with Crippen molar-refractivity contribution in [2.24, 2.45) is 0 Å². The fourth-order valence-corrected chi connectivity index (χ4v) is 5.41. The van der Waals surface area contributed by atoms with Crippen molar-refractivity contribution in [1.82, 2.24) is 0 Å². The molecule has 0 spiro atoms. The highest BCUT2D eigenvalue weighted by atomic mass is 16.5. The second kappa shape index (κ2) is 32.4. The van der Waals surface area contributed by atoms with E-state index in [2.05, 4.69) is 13.5 Å². The van der Waals surface area contributed by atoms with E-state index in [1.165, 1.54) is 186 Å². The molecule has 0 amide bonds. The van der Waals surface area contributed by atoms with Crippen molar-refractivity contribution in [3.63, 3.8) is 0 Å². The van der Waals surface area contributed by atoms with Gasteiger partial charge in [-0.15, -0.1) is 0 Å². The summed E-state index contributed by atoms with van der Waals surface area (Å²) in [6.07, 6.45) is 42.5. The Morgan fingerprint density at radius 1 is 0.421 bits per heavy atom. The first kappa shape index (κ1) is 37.2. The van der Waals surface area contributed by atoms with E-state index in [1.807, 2.05) is 0 Å². The lowest BCUT2D eigenvalue weighted by Crippen LogP contribution is -2.05. The lowest BCUT2D eigenvalue weighted by molar-refractivity contribution is -0.139. The quantitative estimate of drug-likeness (QED) is 0.0487. The Morgan fingerprint density at radius 3 is 0.842 bits per heavy atom. The van der Waals surface area contributed by atoms with Gasteiger partial charge < -0.3 is 4.74 Å². The summed E-state index contributed by atoms with van der Waals surface area (Å²) in [6, 6.07) is 0. The van der Waals surface area contributed by atoms with Crippen LogP contribution in [0.4, 0.5) is 0 Å². The molecule has 0 rings (SSSR count). The zero-order valence-electron chi connectivity index (χ0n) is 26.4. The van der Waals surface area contributed by atoms with Gasteiger partial charge in [0.25, 0.3) is 0 Å². The number of carbonyl (C=O) groups excluding carboxylic acids is 1. The summed E-state index contributed by atoms with van der Waals surface area (Å²) in [4.78, 5) is 11.3. The van der Waals surface area contributed by atoms with E-state index < -0.39 is 0 Å². The molecule has 0 aromatic heterocycles. The summed E-state index contributed by atoms with van der Waals surface area (Å²) >= 11 is 0. The molecule has 0 N–H and O–H groups in total. The van der Waals surface area contributed by atoms with Crippen LogP contribution in [0.1, 0.15) is 206 Å². The third-order valence-corrected chi connectivity index (χ3v) is 8.08. The van der Waals surface area contributed by atoms with Crippen LogP contribution in [0, 0.1) is 0 Å². The van der Waals surface area contributed by atoms with Gasteiger partial charge in [0.1, 0.15) is 0 Å². The van der Waals surface area contributed by atoms with Crippen molar-refractivity contribution in [2.45, 2.75) is 206 Å². The van der Waals surface area contributed by atoms with Crippen LogP contribution in [0.5, 0.6) is 0 Å². The maximum Gasteiger partial charge on any atom is 0.333 e. The van der Waals surface area contributed by atoms with Crippen LogP contribution in [0.25, 0.3) is 0 Å². The second-order valence-corrected chi connectivity index (χ2v) is 12.2. The lowest BCUT2D eigenvalue weighted by Gasteiger charge is -2.05. The highest BCUT2D eigenvalue weighted by Gasteiger charge is 2.02. The zero-order valence-corrected chi connectivity index (χ0v) is 26.4. The first-order valence-electron chi connectivity index (χ1n) is 17.5. The molecule has 2 heteroatoms. The van der Waals surface area contributed by atoms with Crippen molar-refractivity contribution in [2.75, 3.05) is 6.61 Å². The maximum atomic E-state index is 11.3. The summed E-state index contributed by atoms with van der Waals surface area (Å²) in [5.74, 6) is -0.250. The summed E-state index contributed by atoms with van der Waals surface area (Å²) in [7, 11) is 0. The fourth-order valence-electron chi connectivity index (χ4n) is 5.41. The Bertz CT molecular complexity index is 484. The van der Waals surface area contributed by atoms with Crippen molar-refractivity contribution in [3.8, 4) is 0 Å². The van der Waals surface area contributed by atoms with Crippen LogP contribution in [0.15, 0.2) is 12.2 Å². The topological polar surface area (TPSA) is 26.3 Å². The number of esters is 1. The van der Waals surface area contributed by atoms with Gasteiger partial charge in [-0.25, -0.2) is 4.79 Å². The molecule has 0 radical (unpaired) electrons. The number of hydrogen-bond acceptors (Lipinski definition) is 2. The van der Waals surface area contributed by atoms with Crippen molar-refractivity contribution < 1.29 is 9.53 Å². The minimum absolute atomic E-state index is 0.250. The average molecular weight is 535 g/mol. The van der Waals surface area contributed by atoms with Crippen LogP contribution >= 0.6 is 0 Å². The van der Waals surface area contributed by atoms with Gasteiger partial charge in [0.05, 0.1) is 6.61 Å². The predicted octanol–water partition coefficient (Wildman–Crippen LogP) is 12.8. The van der Waals surface area contributed by atoms with E-state index in [0.29, 0.717) is 12.2 Å². The summed E-state index contributed by atoms with van der Waals surface area (Å²) in [6.45, 7) is 8.15. The monoisotopic (exact) mass is 535 g/mol. The van der Waals surface area contributed by atoms with Crippen LogP contribution in [-0.2, 0) is 9.53 Å². The Morgan fingerprint density at radius 2 is 0.632 bits per heavy atom. The average Bonchev–Trinajstić information content (AvgIpc) is 2.91. The summed E-state index contributed by atoms with van der Waals surface area (Å²) in [5.41, 5.74) is 0.496. The standard InChI is InChI=1S/C36H70O2/c1-4-5-6-7-8-9-10-11-12-13-14-15-16-17-18-19-20-21-22-23-24-25-26-27-28-29-30-31-32-33-34-38-36(37)35(2)3/h2,4-34H2,1,3H3. The Balaban J connectivity index is 3.06. The van der Waals surface area contributed by atoms with Gasteiger partial charge in [0, 0.05) is 5.57 Å². The molecule has 38 heavy (non-hydrogen) atoms. The van der Waals surface area contributed by atoms with Crippen LogP contribution < -0.4 is 0 Å². The van der Waals surface area contributed by atoms with Gasteiger partial charge in [-0.2, -0.15) is 0 Å². The van der Waals surface area contributed by atoms with Gasteiger partial charge in [0.2, 0.25) is 0 Å². The second-order valence-electron chi connectivity index (χ2n) is 12.2. The minimum atomic E-state index is -0.250. The molecular weight excluding hydrogens is 464 g/mol. The van der Waals surface area contributed by atoms with Crippen LogP contribution in [0.2, 0.25) is 0 Å². The Hall–Kier alpha value is -0.790. The predicted molar refractivity (Wildman–Crippen MR) is 170 cm³/mol. The number of unbranched alkanes of at least 4 members (excludes halogenated alkanes) is 29. The number of ether oxygens (including phenoxy) is 1. The largest absolute Gasteiger partial charge is 0.462 e. The van der Waals surface area contributed by atoms with E-state index in [1.54, 1.807) is 6.92 Å². The summed E-state index contributed by atoms with van der Waals surface area (Å²) < 4.78 is 5.13. The molecule has 0 aromatic carbocycles. The Labute approximate surface area is 240 Å². The number of rotatable bonds is 32. The molecule has 0 atom stereocenters. The van der Waals surface area contributed by atoms with Crippen LogP contribution in [-0.4, -0.2) is 12.6 Å². The minimum Gasteiger partial charge on any atom is -0.462 e. The van der Waals surface area contributed by atoms with Crippen molar-refractivity contribution in [3.05, 3.63) is 12.2 Å². The van der Waals surface area contributed by atoms with Gasteiger partial charge in [0.15, 0.2) is 0 Å². The van der Waals surface area contributed by atoms with Crippen LogP contribution in [0.3, 0.4) is 0 Å². The fraction of sp³-hybridized carbons (Fsp3) is 0.917. The molecule has 0 aliphatic carbocycles. The lowest BCUT2D eigenvalue weighted by atomic mass is 10.0. The highest BCUT2D eigenvalue weighted by Crippen LogP contribution is 2.16. The first-order chi connectivity index (χ1) is 18.7. The SMILES string of the molecule is C=C(C)C(=O)OCCCCCCCCCCCCCCCCCCCCCCCCCCCCCCCC. The van der Waals surface area contributed by atoms with Crippen molar-refractivity contribution >= 4 is 5.97 Å². The van der Waals surface area contributed by atoms with Gasteiger partial charge in [-0.05, 0) is 13.3 Å². The molecule has 226 valence electrons. The summed E-state index contributed by atoms with van der Waals surface area (Å²) in [5, 5.41) is 0. The van der Waals surface area contributed by atoms with E-state index >= 15 is 0 Å². The maximum absolute atomic E-state index is 11.3. The van der Waals surface area contributed by atoms with E-state index in [9.17, 15) is 4.79 Å². The molecule has 2 nitrogen and oxygen atoms in total. The molecule has 0 aliphatic rings. The van der Waals surface area contributed by atoms with Gasteiger partial charge >= 0.3 is 5.97 Å². The van der Waals surface area contributed by atoms with E-state index in [0.717, 1.165) is 6.42 Å². The molecule has 0 unspecified atom stereocenters. The smallest absolute Gasteiger partial charge is 0.333 e. The van der Waals surface area contributed by atoms with E-state index in [4.69, 9.17) is 4.74 Å². The molecular formula is C36H70O2. The molecule has 0 fully saturated rings. The molecule has 0 bridgehead atoms.